The van der Waals surface area contributed by atoms with Gasteiger partial charge in [-0.15, -0.1) is 0 Å². The number of rotatable bonds is 9. The first-order chi connectivity index (χ1) is 22.2. The van der Waals surface area contributed by atoms with Crippen LogP contribution in [0.15, 0.2) is 84.9 Å². The lowest BCUT2D eigenvalue weighted by molar-refractivity contribution is -0.253. The van der Waals surface area contributed by atoms with Crippen molar-refractivity contribution in [3.63, 3.8) is 0 Å². The Morgan fingerprint density at radius 3 is 2.06 bits per heavy atom. The molecule has 4 aromatic carbocycles. The highest BCUT2D eigenvalue weighted by molar-refractivity contribution is 6.07. The summed E-state index contributed by atoms with van der Waals surface area (Å²) in [5.41, 5.74) is -2.39. The van der Waals surface area contributed by atoms with Crippen molar-refractivity contribution in [1.29, 1.82) is 0 Å². The van der Waals surface area contributed by atoms with Crippen LogP contribution in [0.25, 0.3) is 0 Å². The summed E-state index contributed by atoms with van der Waals surface area (Å²) in [4.78, 5) is 15.1. The second kappa shape index (κ2) is 13.3. The molecule has 1 saturated carbocycles. The Bertz CT molecular complexity index is 1740. The van der Waals surface area contributed by atoms with E-state index in [2.05, 4.69) is 4.74 Å². The van der Waals surface area contributed by atoms with Gasteiger partial charge in [-0.3, -0.25) is 9.69 Å². The van der Waals surface area contributed by atoms with Gasteiger partial charge in [0.2, 0.25) is 0 Å². The minimum absolute atomic E-state index is 0.0109. The summed E-state index contributed by atoms with van der Waals surface area (Å²) in [7, 11) is 0. The number of ether oxygens (including phenoxy) is 1. The molecule has 1 aliphatic rings. The van der Waals surface area contributed by atoms with E-state index < -0.39 is 65.0 Å². The minimum atomic E-state index is -5.19. The topological polar surface area (TPSA) is 29.5 Å². The minimum Gasteiger partial charge on any atom is -0.428 e. The fraction of sp³-hybridized carbons (Fsp3) is 0.265. The molecule has 0 radical (unpaired) electrons. The van der Waals surface area contributed by atoms with E-state index in [-0.39, 0.29) is 28.3 Å². The summed E-state index contributed by atoms with van der Waals surface area (Å²) >= 11 is 0. The number of nitrogens with zero attached hydrogens (tertiary/aromatic N) is 1. The number of para-hydroxylation sites is 1. The summed E-state index contributed by atoms with van der Waals surface area (Å²) < 4.78 is 143. The highest BCUT2D eigenvalue weighted by atomic mass is 19.4. The number of alkyl halides is 7. The van der Waals surface area contributed by atoms with Crippen LogP contribution in [0.5, 0.6) is 5.75 Å². The van der Waals surface area contributed by atoms with E-state index in [1.165, 1.54) is 36.4 Å². The molecule has 13 heteroatoms. The SMILES string of the molecule is O=C(c1ccc(F)c(C(F)(F)F)c1)N(c1ccccc1)C(c1cc(F)cc(OC(F)(F)C(F)F)c1)c1ccc(F)c(C2CCCC2)c1. The second-order valence-electron chi connectivity index (χ2n) is 11.1. The Labute approximate surface area is 262 Å². The molecule has 248 valence electrons. The van der Waals surface area contributed by atoms with Crippen LogP contribution in [0.2, 0.25) is 0 Å². The molecule has 0 bridgehead atoms. The van der Waals surface area contributed by atoms with Crippen LogP contribution in [0.4, 0.5) is 49.6 Å². The van der Waals surface area contributed by atoms with Gasteiger partial charge in [0.15, 0.2) is 0 Å². The first kappa shape index (κ1) is 33.8. The highest BCUT2D eigenvalue weighted by Crippen LogP contribution is 2.42. The molecular weight excluding hydrogens is 644 g/mol. The third-order valence-corrected chi connectivity index (χ3v) is 7.88. The molecule has 0 saturated heterocycles. The first-order valence-corrected chi connectivity index (χ1v) is 14.4. The Hall–Kier alpha value is -4.55. The molecule has 5 rings (SSSR count). The molecule has 4 aromatic rings. The average molecular weight is 670 g/mol. The van der Waals surface area contributed by atoms with Crippen molar-refractivity contribution in [2.45, 2.75) is 56.4 Å². The van der Waals surface area contributed by atoms with Gasteiger partial charge in [0.1, 0.15) is 23.2 Å². The zero-order valence-electron chi connectivity index (χ0n) is 24.2. The van der Waals surface area contributed by atoms with E-state index in [0.717, 1.165) is 42.0 Å². The molecule has 0 aliphatic heterocycles. The van der Waals surface area contributed by atoms with Gasteiger partial charge in [0.05, 0.1) is 11.6 Å². The summed E-state index contributed by atoms with van der Waals surface area (Å²) in [6, 6.07) is 12.9. The summed E-state index contributed by atoms with van der Waals surface area (Å²) in [6.07, 6.45) is -11.6. The molecule has 1 atom stereocenters. The van der Waals surface area contributed by atoms with Crippen molar-refractivity contribution < 1.29 is 53.4 Å². The van der Waals surface area contributed by atoms with Crippen LogP contribution in [0, 0.1) is 17.5 Å². The lowest BCUT2D eigenvalue weighted by Gasteiger charge is -2.34. The monoisotopic (exact) mass is 669 g/mol. The molecule has 0 spiro atoms. The van der Waals surface area contributed by atoms with Crippen LogP contribution in [0.1, 0.15) is 70.3 Å². The molecule has 0 heterocycles. The fourth-order valence-electron chi connectivity index (χ4n) is 5.76. The predicted octanol–water partition coefficient (Wildman–Crippen LogP) is 10.5. The summed E-state index contributed by atoms with van der Waals surface area (Å²) in [5.74, 6) is -5.93. The lowest BCUT2D eigenvalue weighted by Crippen LogP contribution is -2.36. The number of amides is 1. The van der Waals surface area contributed by atoms with Crippen LogP contribution in [-0.2, 0) is 6.18 Å². The van der Waals surface area contributed by atoms with E-state index in [1.807, 2.05) is 0 Å². The van der Waals surface area contributed by atoms with E-state index in [9.17, 15) is 39.9 Å². The largest absolute Gasteiger partial charge is 0.461 e. The number of halogens is 10. The number of benzene rings is 4. The number of hydrogen-bond donors (Lipinski definition) is 0. The predicted molar refractivity (Wildman–Crippen MR) is 152 cm³/mol. The molecule has 1 amide bonds. The van der Waals surface area contributed by atoms with Crippen molar-refractivity contribution in [1.82, 2.24) is 0 Å². The van der Waals surface area contributed by atoms with Crippen molar-refractivity contribution in [3.05, 3.63) is 130 Å². The van der Waals surface area contributed by atoms with Gasteiger partial charge in [0.25, 0.3) is 5.91 Å². The molecule has 0 N–H and O–H groups in total. The summed E-state index contributed by atoms with van der Waals surface area (Å²) in [5, 5.41) is 0. The van der Waals surface area contributed by atoms with Gasteiger partial charge in [0, 0.05) is 17.3 Å². The van der Waals surface area contributed by atoms with Crippen LogP contribution in [-0.4, -0.2) is 18.4 Å². The number of carbonyl (C=O) groups excluding carboxylic acids is 1. The Balaban J connectivity index is 1.76. The van der Waals surface area contributed by atoms with Crippen molar-refractivity contribution in [3.8, 4) is 5.75 Å². The highest BCUT2D eigenvalue weighted by Gasteiger charge is 2.44. The zero-order chi connectivity index (χ0) is 34.1. The third-order valence-electron chi connectivity index (χ3n) is 7.88. The zero-order valence-corrected chi connectivity index (χ0v) is 24.2. The number of anilines is 1. The smallest absolute Gasteiger partial charge is 0.428 e. The second-order valence-corrected chi connectivity index (χ2v) is 11.1. The molecule has 1 fully saturated rings. The molecule has 47 heavy (non-hydrogen) atoms. The van der Waals surface area contributed by atoms with Gasteiger partial charge in [-0.25, -0.2) is 13.2 Å². The molecule has 1 unspecified atom stereocenters. The maximum atomic E-state index is 15.2. The standard InChI is InChI=1S/C34H25F10NO2/c35-23-14-22(15-25(18-23)47-34(43,44)32(38)39)30(20-10-12-28(36)26(16-20)19-6-4-5-7-19)45(24-8-2-1-3-9-24)31(46)21-11-13-29(37)27(17-21)33(40,41)42/h1-3,8-19,30,32H,4-7H2. The molecule has 3 nitrogen and oxygen atoms in total. The molecule has 0 aromatic heterocycles. The van der Waals surface area contributed by atoms with Crippen LogP contribution in [0.3, 0.4) is 0 Å². The van der Waals surface area contributed by atoms with Gasteiger partial charge < -0.3 is 4.74 Å². The van der Waals surface area contributed by atoms with E-state index in [4.69, 9.17) is 0 Å². The van der Waals surface area contributed by atoms with Gasteiger partial charge in [-0.05, 0) is 84.0 Å². The quantitative estimate of drug-likeness (QED) is 0.166. The van der Waals surface area contributed by atoms with Gasteiger partial charge in [-0.1, -0.05) is 43.2 Å². The fourth-order valence-corrected chi connectivity index (χ4v) is 5.76. The van der Waals surface area contributed by atoms with E-state index in [0.29, 0.717) is 31.0 Å². The van der Waals surface area contributed by atoms with Crippen molar-refractivity contribution >= 4 is 11.6 Å². The normalized spacial score (nSPS) is 14.8. The molecule has 1 aliphatic carbocycles. The third kappa shape index (κ3) is 7.39. The maximum Gasteiger partial charge on any atom is 0.461 e. The molecular formula is C34H25F10NO2. The van der Waals surface area contributed by atoms with E-state index in [1.54, 1.807) is 6.07 Å². The summed E-state index contributed by atoms with van der Waals surface area (Å²) in [6.45, 7) is 0. The Morgan fingerprint density at radius 2 is 1.43 bits per heavy atom. The maximum absolute atomic E-state index is 15.2. The lowest BCUT2D eigenvalue weighted by atomic mass is 9.89. The van der Waals surface area contributed by atoms with Crippen LogP contribution >= 0.6 is 0 Å². The average Bonchev–Trinajstić information content (AvgIpc) is 3.54. The Morgan fingerprint density at radius 1 is 0.766 bits per heavy atom. The van der Waals surface area contributed by atoms with Crippen LogP contribution < -0.4 is 9.64 Å². The number of carbonyl (C=O) groups is 1. The van der Waals surface area contributed by atoms with Gasteiger partial charge >= 0.3 is 18.7 Å². The van der Waals surface area contributed by atoms with Crippen molar-refractivity contribution in [2.75, 3.05) is 4.90 Å². The van der Waals surface area contributed by atoms with Crippen molar-refractivity contribution in [2.24, 2.45) is 0 Å². The first-order valence-electron chi connectivity index (χ1n) is 14.4. The Kier molecular flexibility index (Phi) is 9.55. The number of hydrogen-bond acceptors (Lipinski definition) is 2. The van der Waals surface area contributed by atoms with Gasteiger partial charge in [-0.2, -0.15) is 30.7 Å². The van der Waals surface area contributed by atoms with E-state index >= 15 is 8.78 Å².